The Balaban J connectivity index is 3.00. The fourth-order valence-corrected chi connectivity index (χ4v) is 2.73. The lowest BCUT2D eigenvalue weighted by Gasteiger charge is -2.26. The smallest absolute Gasteiger partial charge is 0.329 e. The molecule has 1 aromatic rings. The Morgan fingerprint density at radius 3 is 2.40 bits per heavy atom. The minimum atomic E-state index is -3.38. The van der Waals surface area contributed by atoms with Crippen molar-refractivity contribution in [2.24, 2.45) is 7.05 Å². The largest absolute Gasteiger partial charge is 0.383 e. The van der Waals surface area contributed by atoms with Crippen molar-refractivity contribution in [2.45, 2.75) is 19.4 Å². The lowest BCUT2D eigenvalue weighted by atomic mass is 10.1. The zero-order chi connectivity index (χ0) is 15.7. The predicted molar refractivity (Wildman–Crippen MR) is 77.3 cm³/mol. The van der Waals surface area contributed by atoms with E-state index in [2.05, 4.69) is 15.0 Å². The van der Waals surface area contributed by atoms with Crippen LogP contribution in [0.2, 0.25) is 0 Å². The van der Waals surface area contributed by atoms with Crippen LogP contribution in [0.4, 0.5) is 11.5 Å². The molecule has 10 heteroatoms. The molecule has 0 atom stereocenters. The number of sulfonamides is 1. The molecule has 0 spiro atoms. The van der Waals surface area contributed by atoms with E-state index in [0.29, 0.717) is 0 Å². The van der Waals surface area contributed by atoms with Crippen molar-refractivity contribution in [2.75, 3.05) is 23.9 Å². The minimum absolute atomic E-state index is 0.0195. The summed E-state index contributed by atoms with van der Waals surface area (Å²) in [6.07, 6.45) is 1.04. The van der Waals surface area contributed by atoms with Crippen molar-refractivity contribution in [1.82, 2.24) is 14.3 Å². The molecule has 0 aliphatic carbocycles. The number of hydrogen-bond acceptors (Lipinski definition) is 6. The van der Waals surface area contributed by atoms with Crippen molar-refractivity contribution in [3.63, 3.8) is 0 Å². The van der Waals surface area contributed by atoms with Crippen LogP contribution in [0.3, 0.4) is 0 Å². The summed E-state index contributed by atoms with van der Waals surface area (Å²) in [6.45, 7) is 3.41. The number of rotatable bonds is 5. The van der Waals surface area contributed by atoms with Crippen LogP contribution in [0.15, 0.2) is 9.59 Å². The van der Waals surface area contributed by atoms with E-state index in [9.17, 15) is 18.0 Å². The molecule has 1 aromatic heterocycles. The molecule has 0 aliphatic heterocycles. The Bertz CT molecular complexity index is 716. The van der Waals surface area contributed by atoms with E-state index in [4.69, 9.17) is 5.73 Å². The molecular weight excluding hydrogens is 286 g/mol. The number of nitrogens with one attached hydrogen (secondary N) is 3. The fraction of sp³-hybridized carbons (Fsp3) is 0.600. The SMILES string of the molecule is Cn1c(N)c(NCC(C)(C)NS(C)(=O)=O)c(=O)[nH]c1=O. The van der Waals surface area contributed by atoms with Gasteiger partial charge in [0.2, 0.25) is 10.0 Å². The highest BCUT2D eigenvalue weighted by molar-refractivity contribution is 7.88. The first-order valence-electron chi connectivity index (χ1n) is 5.74. The standard InChI is InChI=1S/C10H19N5O4S/c1-10(2,14-20(4,18)19)5-12-6-7(11)15(3)9(17)13-8(6)16/h12,14H,5,11H2,1-4H3,(H,13,16,17). The van der Waals surface area contributed by atoms with Gasteiger partial charge in [0.05, 0.1) is 6.26 Å². The van der Waals surface area contributed by atoms with Gasteiger partial charge in [-0.2, -0.15) is 0 Å². The summed E-state index contributed by atoms with van der Waals surface area (Å²) < 4.78 is 25.9. The molecule has 0 bridgehead atoms. The topological polar surface area (TPSA) is 139 Å². The Hall–Kier alpha value is -1.81. The van der Waals surface area contributed by atoms with E-state index in [0.717, 1.165) is 10.8 Å². The lowest BCUT2D eigenvalue weighted by molar-refractivity contribution is 0.476. The summed E-state index contributed by atoms with van der Waals surface area (Å²) in [5.74, 6) is -0.0195. The average molecular weight is 305 g/mol. The molecule has 0 saturated heterocycles. The van der Waals surface area contributed by atoms with Gasteiger partial charge in [0.15, 0.2) is 0 Å². The van der Waals surface area contributed by atoms with Crippen molar-refractivity contribution in [3.8, 4) is 0 Å². The molecule has 9 nitrogen and oxygen atoms in total. The van der Waals surface area contributed by atoms with Crippen LogP contribution in [0.1, 0.15) is 13.8 Å². The van der Waals surface area contributed by atoms with Crippen LogP contribution >= 0.6 is 0 Å². The predicted octanol–water partition coefficient (Wildman–Crippen LogP) is -1.60. The number of aromatic nitrogens is 2. The first kappa shape index (κ1) is 16.2. The molecule has 0 fully saturated rings. The van der Waals surface area contributed by atoms with E-state index in [1.807, 2.05) is 0 Å². The number of nitrogens with two attached hydrogens (primary N) is 1. The number of hydrogen-bond donors (Lipinski definition) is 4. The Morgan fingerprint density at radius 2 is 1.90 bits per heavy atom. The molecule has 0 unspecified atom stereocenters. The van der Waals surface area contributed by atoms with Gasteiger partial charge in [-0.25, -0.2) is 17.9 Å². The second-order valence-corrected chi connectivity index (χ2v) is 6.94. The lowest BCUT2D eigenvalue weighted by Crippen LogP contribution is -2.48. The third-order valence-electron chi connectivity index (χ3n) is 2.54. The third kappa shape index (κ3) is 4.10. The maximum atomic E-state index is 11.7. The van der Waals surface area contributed by atoms with E-state index >= 15 is 0 Å². The van der Waals surface area contributed by atoms with Crippen LogP contribution in [0.5, 0.6) is 0 Å². The van der Waals surface area contributed by atoms with Crippen LogP contribution in [-0.4, -0.2) is 36.3 Å². The van der Waals surface area contributed by atoms with Crippen molar-refractivity contribution >= 4 is 21.5 Å². The molecule has 0 saturated carbocycles. The highest BCUT2D eigenvalue weighted by atomic mass is 32.2. The summed E-state index contributed by atoms with van der Waals surface area (Å²) in [5, 5.41) is 2.76. The van der Waals surface area contributed by atoms with E-state index in [1.54, 1.807) is 13.8 Å². The molecule has 114 valence electrons. The van der Waals surface area contributed by atoms with Gasteiger partial charge in [-0.3, -0.25) is 14.3 Å². The van der Waals surface area contributed by atoms with Gasteiger partial charge in [-0.05, 0) is 13.8 Å². The van der Waals surface area contributed by atoms with E-state index in [1.165, 1.54) is 7.05 Å². The molecule has 20 heavy (non-hydrogen) atoms. The monoisotopic (exact) mass is 305 g/mol. The molecule has 0 amide bonds. The van der Waals surface area contributed by atoms with Crippen LogP contribution in [0, 0.1) is 0 Å². The minimum Gasteiger partial charge on any atom is -0.383 e. The van der Waals surface area contributed by atoms with Gasteiger partial charge in [-0.1, -0.05) is 0 Å². The summed E-state index contributed by atoms with van der Waals surface area (Å²) in [7, 11) is -1.97. The van der Waals surface area contributed by atoms with Crippen molar-refractivity contribution in [3.05, 3.63) is 20.8 Å². The van der Waals surface area contributed by atoms with Gasteiger partial charge < -0.3 is 11.1 Å². The van der Waals surface area contributed by atoms with Gasteiger partial charge in [-0.15, -0.1) is 0 Å². The molecule has 1 rings (SSSR count). The highest BCUT2D eigenvalue weighted by Gasteiger charge is 2.23. The van der Waals surface area contributed by atoms with E-state index < -0.39 is 26.8 Å². The molecule has 0 aliphatic rings. The summed E-state index contributed by atoms with van der Waals surface area (Å²) in [4.78, 5) is 25.1. The Labute approximate surface area is 116 Å². The van der Waals surface area contributed by atoms with Gasteiger partial charge in [0.25, 0.3) is 5.56 Å². The van der Waals surface area contributed by atoms with Crippen LogP contribution < -0.4 is 27.0 Å². The Morgan fingerprint density at radius 1 is 1.35 bits per heavy atom. The quantitative estimate of drug-likeness (QED) is 0.516. The number of aromatic amines is 1. The fourth-order valence-electron chi connectivity index (χ4n) is 1.66. The second kappa shape index (κ2) is 5.29. The molecular formula is C10H19N5O4S. The number of nitrogen functional groups attached to an aromatic ring is 1. The summed E-state index contributed by atoms with van der Waals surface area (Å²) >= 11 is 0. The van der Waals surface area contributed by atoms with Gasteiger partial charge >= 0.3 is 5.69 Å². The average Bonchev–Trinajstić information content (AvgIpc) is 2.22. The van der Waals surface area contributed by atoms with Crippen LogP contribution in [0.25, 0.3) is 0 Å². The maximum Gasteiger partial charge on any atom is 0.329 e. The number of H-pyrrole nitrogens is 1. The third-order valence-corrected chi connectivity index (χ3v) is 3.46. The number of nitrogens with zero attached hydrogens (tertiary/aromatic N) is 1. The summed E-state index contributed by atoms with van der Waals surface area (Å²) in [6, 6.07) is 0. The second-order valence-electron chi connectivity index (χ2n) is 5.19. The molecule has 0 aromatic carbocycles. The van der Waals surface area contributed by atoms with Crippen molar-refractivity contribution < 1.29 is 8.42 Å². The summed E-state index contributed by atoms with van der Waals surface area (Å²) in [5.41, 5.74) is 3.60. The van der Waals surface area contributed by atoms with E-state index in [-0.39, 0.29) is 18.1 Å². The molecule has 0 radical (unpaired) electrons. The normalized spacial score (nSPS) is 12.4. The van der Waals surface area contributed by atoms with Crippen LogP contribution in [-0.2, 0) is 17.1 Å². The van der Waals surface area contributed by atoms with Gasteiger partial charge in [0.1, 0.15) is 11.5 Å². The first-order chi connectivity index (χ1) is 8.93. The highest BCUT2D eigenvalue weighted by Crippen LogP contribution is 2.11. The Kier molecular flexibility index (Phi) is 4.30. The zero-order valence-electron chi connectivity index (χ0n) is 11.8. The number of anilines is 2. The molecule has 1 heterocycles. The zero-order valence-corrected chi connectivity index (χ0v) is 12.6. The van der Waals surface area contributed by atoms with Gasteiger partial charge in [0, 0.05) is 19.1 Å². The molecule has 5 N–H and O–H groups in total. The maximum absolute atomic E-state index is 11.7. The van der Waals surface area contributed by atoms with Crippen molar-refractivity contribution in [1.29, 1.82) is 0 Å². The first-order valence-corrected chi connectivity index (χ1v) is 7.64.